The molecule has 32 heavy (non-hydrogen) atoms. The Morgan fingerprint density at radius 1 is 0.875 bits per heavy atom. The van der Waals surface area contributed by atoms with E-state index in [1.165, 1.54) is 46.1 Å². The molecule has 0 radical (unpaired) electrons. The van der Waals surface area contributed by atoms with E-state index in [0.29, 0.717) is 5.92 Å². The van der Waals surface area contributed by atoms with Crippen LogP contribution in [0.3, 0.4) is 0 Å². The molecule has 6 rings (SSSR count). The molecule has 3 aromatic heterocycles. The number of piperazine rings is 1. The van der Waals surface area contributed by atoms with Gasteiger partial charge in [-0.15, -0.1) is 0 Å². The van der Waals surface area contributed by atoms with Crippen LogP contribution in [0.5, 0.6) is 0 Å². The van der Waals surface area contributed by atoms with Gasteiger partial charge < -0.3 is 15.2 Å². The van der Waals surface area contributed by atoms with E-state index in [9.17, 15) is 0 Å². The maximum absolute atomic E-state index is 4.77. The largest absolute Gasteiger partial charge is 0.354 e. The predicted octanol–water partition coefficient (Wildman–Crippen LogP) is 5.20. The maximum atomic E-state index is 4.77. The molecule has 0 atom stereocenters. The zero-order chi connectivity index (χ0) is 21.7. The van der Waals surface area contributed by atoms with E-state index < -0.39 is 0 Å². The number of rotatable bonds is 4. The van der Waals surface area contributed by atoms with E-state index in [-0.39, 0.29) is 0 Å². The van der Waals surface area contributed by atoms with Gasteiger partial charge in [0, 0.05) is 65.8 Å². The second kappa shape index (κ2) is 7.75. The van der Waals surface area contributed by atoms with E-state index in [0.717, 1.165) is 48.9 Å². The molecule has 0 bridgehead atoms. The summed E-state index contributed by atoms with van der Waals surface area (Å²) in [6.45, 7) is 8.23. The van der Waals surface area contributed by atoms with Crippen molar-refractivity contribution in [3.05, 3.63) is 65.6 Å². The van der Waals surface area contributed by atoms with Crippen molar-refractivity contribution in [3.63, 3.8) is 0 Å². The Morgan fingerprint density at radius 3 is 2.31 bits per heavy atom. The van der Waals surface area contributed by atoms with E-state index in [2.05, 4.69) is 76.5 Å². The molecule has 2 N–H and O–H groups in total. The summed E-state index contributed by atoms with van der Waals surface area (Å²) in [5.41, 5.74) is 9.69. The van der Waals surface area contributed by atoms with E-state index in [1.54, 1.807) is 0 Å². The summed E-state index contributed by atoms with van der Waals surface area (Å²) < 4.78 is 0. The van der Waals surface area contributed by atoms with Crippen LogP contribution in [0.25, 0.3) is 33.3 Å². The summed E-state index contributed by atoms with van der Waals surface area (Å²) in [7, 11) is 0. The lowest BCUT2D eigenvalue weighted by molar-refractivity contribution is 0.585. The Kier molecular flexibility index (Phi) is 4.72. The molecule has 5 nitrogen and oxygen atoms in total. The zero-order valence-electron chi connectivity index (χ0n) is 18.8. The van der Waals surface area contributed by atoms with Gasteiger partial charge in [-0.05, 0) is 74.1 Å². The minimum atomic E-state index is 0.665. The molecule has 1 saturated carbocycles. The fourth-order valence-electron chi connectivity index (χ4n) is 5.04. The molecular weight excluding hydrogens is 394 g/mol. The molecule has 2 fully saturated rings. The lowest BCUT2D eigenvalue weighted by atomic mass is 9.99. The number of pyridine rings is 2. The minimum absolute atomic E-state index is 0.665. The highest BCUT2D eigenvalue weighted by molar-refractivity contribution is 5.94. The number of aryl methyl sites for hydroxylation is 2. The number of aromatic amines is 1. The molecular formula is C27H29N5. The van der Waals surface area contributed by atoms with E-state index in [4.69, 9.17) is 4.98 Å². The van der Waals surface area contributed by atoms with Crippen LogP contribution < -0.4 is 10.2 Å². The number of nitrogens with one attached hydrogen (secondary N) is 2. The molecule has 0 amide bonds. The molecule has 1 saturated heterocycles. The Morgan fingerprint density at radius 2 is 1.62 bits per heavy atom. The molecule has 4 aromatic rings. The van der Waals surface area contributed by atoms with Gasteiger partial charge in [-0.2, -0.15) is 0 Å². The molecule has 2 aliphatic rings. The first-order valence-corrected chi connectivity index (χ1v) is 11.7. The van der Waals surface area contributed by atoms with Crippen LogP contribution in [0.15, 0.2) is 48.7 Å². The highest BCUT2D eigenvalue weighted by atomic mass is 15.2. The second-order valence-corrected chi connectivity index (χ2v) is 9.23. The van der Waals surface area contributed by atoms with Crippen molar-refractivity contribution in [2.75, 3.05) is 31.1 Å². The van der Waals surface area contributed by atoms with Crippen molar-refractivity contribution < 1.29 is 0 Å². The predicted molar refractivity (Wildman–Crippen MR) is 131 cm³/mol. The summed E-state index contributed by atoms with van der Waals surface area (Å²) in [4.78, 5) is 15.5. The SMILES string of the molecule is Cc1cc(-c2[nH]c3cc(-c4ccc(N5CCNCC5)nc4)ccc3c2C2CC2)cc(C)n1. The third-order valence-corrected chi connectivity index (χ3v) is 6.72. The number of nitrogens with zero attached hydrogens (tertiary/aromatic N) is 3. The summed E-state index contributed by atoms with van der Waals surface area (Å²) in [5, 5.41) is 4.75. The Labute approximate surface area is 188 Å². The van der Waals surface area contributed by atoms with Crippen LogP contribution in [-0.4, -0.2) is 41.1 Å². The number of benzene rings is 1. The Hall–Kier alpha value is -3.18. The third kappa shape index (κ3) is 3.56. The van der Waals surface area contributed by atoms with Gasteiger partial charge in [0.05, 0.1) is 5.69 Å². The fraction of sp³-hybridized carbons (Fsp3) is 0.333. The molecule has 162 valence electrons. The van der Waals surface area contributed by atoms with Crippen molar-refractivity contribution in [1.29, 1.82) is 0 Å². The number of fused-ring (bicyclic) bond motifs is 1. The van der Waals surface area contributed by atoms with E-state index in [1.807, 2.05) is 6.20 Å². The Bertz CT molecular complexity index is 1260. The van der Waals surface area contributed by atoms with Gasteiger partial charge in [-0.3, -0.25) is 4.98 Å². The van der Waals surface area contributed by atoms with Gasteiger partial charge in [0.1, 0.15) is 5.82 Å². The number of anilines is 1. The van der Waals surface area contributed by atoms with Gasteiger partial charge >= 0.3 is 0 Å². The van der Waals surface area contributed by atoms with Crippen molar-refractivity contribution in [1.82, 2.24) is 20.3 Å². The summed E-state index contributed by atoms with van der Waals surface area (Å²) in [6.07, 6.45) is 4.57. The standard InChI is InChI=1S/C27H29N5/c1-17-13-22(14-18(2)30-17)27-26(19-3-4-19)23-7-5-20(15-24(23)31-27)21-6-8-25(29-16-21)32-11-9-28-10-12-32/h5-8,13-16,19,28,31H,3-4,9-12H2,1-2H3. The first-order valence-electron chi connectivity index (χ1n) is 11.7. The van der Waals surface area contributed by atoms with E-state index >= 15 is 0 Å². The summed E-state index contributed by atoms with van der Waals surface area (Å²) in [6, 6.07) is 15.6. The molecule has 0 unspecified atom stereocenters. The van der Waals surface area contributed by atoms with Crippen LogP contribution in [0, 0.1) is 13.8 Å². The average Bonchev–Trinajstić information content (AvgIpc) is 3.58. The van der Waals surface area contributed by atoms with Gasteiger partial charge in [0.2, 0.25) is 0 Å². The molecule has 1 aliphatic heterocycles. The van der Waals surface area contributed by atoms with Crippen molar-refractivity contribution >= 4 is 16.7 Å². The van der Waals surface area contributed by atoms with Crippen LogP contribution >= 0.6 is 0 Å². The van der Waals surface area contributed by atoms with Crippen molar-refractivity contribution in [2.45, 2.75) is 32.6 Å². The summed E-state index contributed by atoms with van der Waals surface area (Å²) >= 11 is 0. The van der Waals surface area contributed by atoms with Crippen LogP contribution in [0.4, 0.5) is 5.82 Å². The summed E-state index contributed by atoms with van der Waals surface area (Å²) in [5.74, 6) is 1.73. The van der Waals surface area contributed by atoms with Gasteiger partial charge in [0.15, 0.2) is 0 Å². The number of hydrogen-bond acceptors (Lipinski definition) is 4. The number of hydrogen-bond donors (Lipinski definition) is 2. The first-order chi connectivity index (χ1) is 15.7. The average molecular weight is 424 g/mol. The molecule has 1 aromatic carbocycles. The normalized spacial score (nSPS) is 16.6. The van der Waals surface area contributed by atoms with Crippen molar-refractivity contribution in [2.24, 2.45) is 0 Å². The van der Waals surface area contributed by atoms with Gasteiger partial charge in [-0.25, -0.2) is 4.98 Å². The van der Waals surface area contributed by atoms with Gasteiger partial charge in [0.25, 0.3) is 0 Å². The van der Waals surface area contributed by atoms with Crippen molar-refractivity contribution in [3.8, 4) is 22.4 Å². The number of aromatic nitrogens is 3. The van der Waals surface area contributed by atoms with Crippen LogP contribution in [-0.2, 0) is 0 Å². The highest BCUT2D eigenvalue weighted by Gasteiger charge is 2.30. The zero-order valence-corrected chi connectivity index (χ0v) is 18.8. The smallest absolute Gasteiger partial charge is 0.128 e. The van der Waals surface area contributed by atoms with Crippen LogP contribution in [0.1, 0.15) is 35.7 Å². The highest BCUT2D eigenvalue weighted by Crippen LogP contribution is 2.48. The minimum Gasteiger partial charge on any atom is -0.354 e. The number of H-pyrrole nitrogens is 1. The molecule has 0 spiro atoms. The second-order valence-electron chi connectivity index (χ2n) is 9.23. The lowest BCUT2D eigenvalue weighted by Crippen LogP contribution is -2.43. The van der Waals surface area contributed by atoms with Crippen LogP contribution in [0.2, 0.25) is 0 Å². The molecule has 5 heteroatoms. The molecule has 1 aliphatic carbocycles. The molecule has 4 heterocycles. The quantitative estimate of drug-likeness (QED) is 0.474. The van der Waals surface area contributed by atoms with Gasteiger partial charge in [-0.1, -0.05) is 12.1 Å². The fourth-order valence-corrected chi connectivity index (χ4v) is 5.04. The Balaban J connectivity index is 1.39. The third-order valence-electron chi connectivity index (χ3n) is 6.72. The first kappa shape index (κ1) is 19.5. The topological polar surface area (TPSA) is 56.8 Å². The lowest BCUT2D eigenvalue weighted by Gasteiger charge is -2.28. The maximum Gasteiger partial charge on any atom is 0.128 e. The monoisotopic (exact) mass is 423 g/mol.